The van der Waals surface area contributed by atoms with E-state index in [1.165, 1.54) is 18.6 Å². The number of nitrogens with zero attached hydrogens (tertiary/aromatic N) is 1. The molecule has 3 aliphatic heterocycles. The van der Waals surface area contributed by atoms with Crippen LogP contribution >= 0.6 is 15.9 Å². The number of phenolic OH excluding ortho intramolecular Hbond substituents is 1. The van der Waals surface area contributed by atoms with Crippen molar-refractivity contribution in [2.45, 2.75) is 76.0 Å². The molecule has 4 heterocycles. The van der Waals surface area contributed by atoms with Gasteiger partial charge in [0.15, 0.2) is 0 Å². The number of unbranched alkanes of at least 4 members (excludes halogenated alkanes) is 6. The number of alkyl carbamates (subject to hydrolysis) is 1. The Morgan fingerprint density at radius 3 is 2.42 bits per heavy atom. The van der Waals surface area contributed by atoms with Crippen LogP contribution in [0.4, 0.5) is 4.79 Å². The van der Waals surface area contributed by atoms with E-state index in [1.807, 2.05) is 48.5 Å². The largest absolute Gasteiger partial charge is 0.506 e. The van der Waals surface area contributed by atoms with Gasteiger partial charge >= 0.3 is 6.09 Å². The molecule has 11 heteroatoms. The third kappa shape index (κ3) is 10.4. The van der Waals surface area contributed by atoms with Crippen molar-refractivity contribution in [3.8, 4) is 11.5 Å². The fourth-order valence-corrected chi connectivity index (χ4v) is 7.99. The first-order valence-corrected chi connectivity index (χ1v) is 19.5. The molecule has 7 rings (SSSR count). The molecule has 0 radical (unpaired) electrons. The summed E-state index contributed by atoms with van der Waals surface area (Å²) in [5.41, 5.74) is 2.63. The molecule has 3 fully saturated rings. The molecule has 0 saturated carbocycles. The average Bonchev–Trinajstić information content (AvgIpc) is 3.15. The lowest BCUT2D eigenvalue weighted by atomic mass is 9.86. The first-order chi connectivity index (χ1) is 25.3. The fraction of sp³-hybridized carbons (Fsp3) is 0.463. The van der Waals surface area contributed by atoms with Crippen molar-refractivity contribution in [2.75, 3.05) is 39.3 Å². The Bertz CT molecular complexity index is 1810. The van der Waals surface area contributed by atoms with Crippen molar-refractivity contribution < 1.29 is 24.5 Å². The molecular formula is C41H51BrN4O6. The summed E-state index contributed by atoms with van der Waals surface area (Å²) in [4.78, 5) is 29.9. The zero-order valence-electron chi connectivity index (χ0n) is 29.7. The predicted molar refractivity (Wildman–Crippen MR) is 207 cm³/mol. The van der Waals surface area contributed by atoms with Crippen molar-refractivity contribution in [3.05, 3.63) is 104 Å². The number of rotatable bonds is 18. The van der Waals surface area contributed by atoms with E-state index in [-0.39, 0.29) is 29.5 Å². The van der Waals surface area contributed by atoms with Gasteiger partial charge in [0.25, 0.3) is 0 Å². The number of hydrogen-bond acceptors (Lipinski definition) is 8. The second kappa shape index (κ2) is 18.7. The quantitative estimate of drug-likeness (QED) is 0.0663. The van der Waals surface area contributed by atoms with Crippen LogP contribution in [0.1, 0.15) is 86.6 Å². The number of benzene rings is 3. The number of fused-ring (bicyclic) bond motifs is 4. The normalized spacial score (nSPS) is 19.3. The number of hydrogen-bond donors (Lipinski definition) is 5. The number of piperidine rings is 3. The summed E-state index contributed by atoms with van der Waals surface area (Å²) in [6.45, 7) is 4.85. The van der Waals surface area contributed by atoms with Crippen molar-refractivity contribution >= 4 is 32.9 Å². The van der Waals surface area contributed by atoms with Crippen LogP contribution in [0, 0.1) is 5.92 Å². The van der Waals surface area contributed by atoms with E-state index >= 15 is 0 Å². The number of aliphatic hydroxyl groups is 1. The number of aliphatic hydroxyl groups excluding tert-OH is 1. The van der Waals surface area contributed by atoms with Crippen molar-refractivity contribution in [2.24, 2.45) is 5.92 Å². The molecule has 2 bridgehead atoms. The summed E-state index contributed by atoms with van der Waals surface area (Å²) < 4.78 is 13.1. The minimum atomic E-state index is -0.745. The number of aromatic hydroxyl groups is 1. The number of aromatic nitrogens is 1. The van der Waals surface area contributed by atoms with Crippen LogP contribution in [-0.4, -0.2) is 71.6 Å². The monoisotopic (exact) mass is 774 g/mol. The molecule has 0 spiro atoms. The van der Waals surface area contributed by atoms with Gasteiger partial charge in [0.2, 0.25) is 5.56 Å². The molecule has 3 atom stereocenters. The molecule has 1 unspecified atom stereocenters. The van der Waals surface area contributed by atoms with Crippen LogP contribution in [-0.2, 0) is 4.74 Å². The van der Waals surface area contributed by atoms with Crippen LogP contribution in [0.5, 0.6) is 11.5 Å². The highest BCUT2D eigenvalue weighted by Gasteiger charge is 2.37. The van der Waals surface area contributed by atoms with Crippen LogP contribution in [0.25, 0.3) is 10.9 Å². The number of amides is 1. The average molecular weight is 776 g/mol. The molecule has 278 valence electrons. The van der Waals surface area contributed by atoms with E-state index in [0.29, 0.717) is 35.5 Å². The molecular weight excluding hydrogens is 724 g/mol. The molecule has 1 aromatic heterocycles. The highest BCUT2D eigenvalue weighted by atomic mass is 79.9. The number of phenols is 1. The summed E-state index contributed by atoms with van der Waals surface area (Å²) in [6.07, 6.45) is 8.68. The Balaban J connectivity index is 0.879. The SMILES string of the molecule is O=C(NC(c1ccccc1)c1cc(Br)cc(OCCCCCCCCCNC[C@@H](O)c2ccc(O)c3[nH]c(=O)ccc23)c1)O[C@H]1CN2CCC1CC2. The maximum absolute atomic E-state index is 13.2. The number of aromatic amines is 1. The summed E-state index contributed by atoms with van der Waals surface area (Å²) >= 11 is 3.66. The van der Waals surface area contributed by atoms with E-state index in [2.05, 4.69) is 36.4 Å². The lowest BCUT2D eigenvalue weighted by molar-refractivity contribution is -0.0336. The van der Waals surface area contributed by atoms with Crippen LogP contribution < -0.4 is 20.9 Å². The zero-order chi connectivity index (χ0) is 36.3. The van der Waals surface area contributed by atoms with E-state index in [1.54, 1.807) is 12.1 Å². The molecule has 0 aliphatic carbocycles. The number of halogens is 1. The number of carbonyl (C=O) groups is 1. The van der Waals surface area contributed by atoms with Crippen LogP contribution in [0.15, 0.2) is 82.1 Å². The summed E-state index contributed by atoms with van der Waals surface area (Å²) in [5.74, 6) is 1.20. The first-order valence-electron chi connectivity index (χ1n) is 18.8. The van der Waals surface area contributed by atoms with Gasteiger partial charge in [0.1, 0.15) is 17.6 Å². The van der Waals surface area contributed by atoms with Crippen LogP contribution in [0.3, 0.4) is 0 Å². The van der Waals surface area contributed by atoms with Gasteiger partial charge in [-0.3, -0.25) is 9.69 Å². The lowest BCUT2D eigenvalue weighted by Crippen LogP contribution is -2.52. The lowest BCUT2D eigenvalue weighted by Gasteiger charge is -2.43. The second-order valence-electron chi connectivity index (χ2n) is 14.1. The maximum atomic E-state index is 13.2. The topological polar surface area (TPSA) is 136 Å². The summed E-state index contributed by atoms with van der Waals surface area (Å²) in [6, 6.07) is 21.9. The van der Waals surface area contributed by atoms with Gasteiger partial charge in [-0.15, -0.1) is 0 Å². The van der Waals surface area contributed by atoms with Gasteiger partial charge < -0.3 is 35.3 Å². The first kappa shape index (κ1) is 37.8. The summed E-state index contributed by atoms with van der Waals surface area (Å²) in [7, 11) is 0. The second-order valence-corrected chi connectivity index (χ2v) is 15.0. The van der Waals surface area contributed by atoms with E-state index < -0.39 is 6.10 Å². The van der Waals surface area contributed by atoms with Crippen molar-refractivity contribution in [1.82, 2.24) is 20.5 Å². The van der Waals surface area contributed by atoms with E-state index in [0.717, 1.165) is 98.9 Å². The number of ether oxygens (including phenoxy) is 2. The zero-order valence-corrected chi connectivity index (χ0v) is 31.3. The molecule has 10 nitrogen and oxygen atoms in total. The van der Waals surface area contributed by atoms with Gasteiger partial charge in [-0.05, 0) is 98.3 Å². The van der Waals surface area contributed by atoms with Gasteiger partial charge in [-0.1, -0.05) is 84.4 Å². The highest BCUT2D eigenvalue weighted by Crippen LogP contribution is 2.32. The number of H-pyrrole nitrogens is 1. The maximum Gasteiger partial charge on any atom is 0.408 e. The van der Waals surface area contributed by atoms with Gasteiger partial charge in [-0.2, -0.15) is 0 Å². The Hall–Kier alpha value is -3.90. The fourth-order valence-electron chi connectivity index (χ4n) is 7.50. The van der Waals surface area contributed by atoms with Crippen molar-refractivity contribution in [3.63, 3.8) is 0 Å². The molecule has 3 aromatic carbocycles. The molecule has 1 amide bonds. The smallest absolute Gasteiger partial charge is 0.408 e. The Morgan fingerprint density at radius 1 is 0.923 bits per heavy atom. The Morgan fingerprint density at radius 2 is 1.67 bits per heavy atom. The summed E-state index contributed by atoms with van der Waals surface area (Å²) in [5, 5.41) is 27.9. The van der Waals surface area contributed by atoms with Gasteiger partial charge in [0.05, 0.1) is 24.3 Å². The standard InChI is InChI=1S/C41H51BrN4O6/c42-31-23-30(39(29-11-7-6-8-12-29)45-41(50)52-37-27-46-20-17-28(37)18-21-46)24-32(25-31)51-22-10-5-3-1-2-4-9-19-43-26-36(48)33-13-15-35(47)40-34(33)14-16-38(49)44-40/h6-8,11-16,23-25,28,36-37,39,43,47-48H,1-5,9-10,17-22,26-27H2,(H,44,49)(H,45,50)/t36-,37+,39?/m1/s1. The van der Waals surface area contributed by atoms with E-state index in [4.69, 9.17) is 9.47 Å². The molecule has 52 heavy (non-hydrogen) atoms. The number of pyridine rings is 1. The number of nitrogens with one attached hydrogen (secondary N) is 3. The highest BCUT2D eigenvalue weighted by molar-refractivity contribution is 9.10. The predicted octanol–water partition coefficient (Wildman–Crippen LogP) is 7.34. The Labute approximate surface area is 314 Å². The third-order valence-corrected chi connectivity index (χ3v) is 10.8. The number of carbonyl (C=O) groups excluding carboxylic acids is 1. The molecule has 3 aliphatic rings. The Kier molecular flexibility index (Phi) is 13.6. The molecule has 4 aromatic rings. The third-order valence-electron chi connectivity index (χ3n) is 10.3. The van der Waals surface area contributed by atoms with Crippen molar-refractivity contribution in [1.29, 1.82) is 0 Å². The molecule has 3 saturated heterocycles. The van der Waals surface area contributed by atoms with Gasteiger partial charge in [0, 0.05) is 29.0 Å². The van der Waals surface area contributed by atoms with E-state index in [9.17, 15) is 19.8 Å². The van der Waals surface area contributed by atoms with Gasteiger partial charge in [-0.25, -0.2) is 4.79 Å². The minimum absolute atomic E-state index is 0.0105. The van der Waals surface area contributed by atoms with Crippen LogP contribution in [0.2, 0.25) is 0 Å². The molecule has 5 N–H and O–H groups in total. The minimum Gasteiger partial charge on any atom is -0.506 e.